The summed E-state index contributed by atoms with van der Waals surface area (Å²) in [6, 6.07) is 0. The topological polar surface area (TPSA) is 55.3 Å². The van der Waals surface area contributed by atoms with E-state index in [-0.39, 0.29) is 0 Å². The van der Waals surface area contributed by atoms with Crippen LogP contribution < -0.4 is 11.6 Å². The molecule has 3 nitrogen and oxygen atoms in total. The van der Waals surface area contributed by atoms with Gasteiger partial charge in [0.1, 0.15) is 0 Å². The van der Waals surface area contributed by atoms with E-state index in [1.807, 2.05) is 13.8 Å². The molecule has 9 heavy (non-hydrogen) atoms. The molecule has 0 fully saturated rings. The maximum absolute atomic E-state index is 5.58. The Morgan fingerprint density at radius 1 is 1.56 bits per heavy atom. The molecule has 0 bridgehead atoms. The van der Waals surface area contributed by atoms with Gasteiger partial charge in [0.2, 0.25) is 0 Å². The van der Waals surface area contributed by atoms with Crippen molar-refractivity contribution in [3.05, 3.63) is 11.4 Å². The number of hydrogen-bond donors (Lipinski definition) is 2. The van der Waals surface area contributed by atoms with E-state index in [0.717, 1.165) is 17.8 Å². The highest BCUT2D eigenvalue weighted by molar-refractivity contribution is 5.04. The summed E-state index contributed by atoms with van der Waals surface area (Å²) in [5.41, 5.74) is 7.36. The van der Waals surface area contributed by atoms with Crippen molar-refractivity contribution in [1.29, 1.82) is 0 Å². The summed E-state index contributed by atoms with van der Waals surface area (Å²) in [4.78, 5) is 0. The van der Waals surface area contributed by atoms with E-state index in [1.54, 1.807) is 7.05 Å². The normalized spacial score (nSPS) is 12.9. The second-order valence-corrected chi connectivity index (χ2v) is 2.08. The fraction of sp³-hybridized carbons (Fsp3) is 0.667. The van der Waals surface area contributed by atoms with E-state index in [1.165, 1.54) is 5.01 Å². The predicted molar refractivity (Wildman–Crippen MR) is 39.1 cm³/mol. The minimum atomic E-state index is 0.847. The van der Waals surface area contributed by atoms with Gasteiger partial charge in [0.05, 0.1) is 0 Å². The third-order valence-electron chi connectivity index (χ3n) is 1.37. The molecule has 0 aromatic rings. The third kappa shape index (κ3) is 2.37. The van der Waals surface area contributed by atoms with E-state index in [0.29, 0.717) is 0 Å². The van der Waals surface area contributed by atoms with Crippen LogP contribution in [0.15, 0.2) is 11.4 Å². The van der Waals surface area contributed by atoms with Gasteiger partial charge in [0, 0.05) is 18.4 Å². The molecule has 3 heteroatoms. The minimum Gasteiger partial charge on any atom is -0.401 e. The Morgan fingerprint density at radius 2 is 2.00 bits per heavy atom. The molecule has 0 aliphatic carbocycles. The van der Waals surface area contributed by atoms with Crippen molar-refractivity contribution in [2.75, 3.05) is 7.05 Å². The lowest BCUT2D eigenvalue weighted by atomic mass is 10.3. The quantitative estimate of drug-likeness (QED) is 0.419. The predicted octanol–water partition coefficient (Wildman–Crippen LogP) is 0.392. The first-order valence-electron chi connectivity index (χ1n) is 3.03. The van der Waals surface area contributed by atoms with Gasteiger partial charge in [-0.2, -0.15) is 0 Å². The van der Waals surface area contributed by atoms with Gasteiger partial charge in [-0.05, 0) is 13.3 Å². The zero-order valence-electron chi connectivity index (χ0n) is 6.31. The molecule has 0 aromatic carbocycles. The van der Waals surface area contributed by atoms with E-state index in [2.05, 4.69) is 0 Å². The summed E-state index contributed by atoms with van der Waals surface area (Å²) >= 11 is 0. The number of nitrogens with two attached hydrogens (primary N) is 2. The monoisotopic (exact) mass is 129 g/mol. The van der Waals surface area contributed by atoms with Crippen LogP contribution in [-0.4, -0.2) is 12.1 Å². The highest BCUT2D eigenvalue weighted by Crippen LogP contribution is 2.01. The maximum atomic E-state index is 5.58. The zero-order valence-corrected chi connectivity index (χ0v) is 6.31. The standard InChI is InChI=1S/C6H15N3/c1-4-6(7)5(2)9(3)8/h4,7-8H2,1-3H3/b6-5-. The fourth-order valence-corrected chi connectivity index (χ4v) is 0.482. The summed E-state index contributed by atoms with van der Waals surface area (Å²) in [5, 5.41) is 1.53. The zero-order chi connectivity index (χ0) is 7.44. The van der Waals surface area contributed by atoms with E-state index >= 15 is 0 Å². The van der Waals surface area contributed by atoms with Gasteiger partial charge in [-0.15, -0.1) is 0 Å². The Hall–Kier alpha value is -0.700. The SMILES string of the molecule is CC/C(N)=C(\C)N(C)N. The Labute approximate surface area is 56.3 Å². The molecule has 0 unspecified atom stereocenters. The molecule has 0 saturated heterocycles. The molecule has 0 amide bonds. The first kappa shape index (κ1) is 8.30. The minimum absolute atomic E-state index is 0.847. The molecule has 4 N–H and O–H groups in total. The van der Waals surface area contributed by atoms with Crippen molar-refractivity contribution < 1.29 is 0 Å². The molecule has 0 radical (unpaired) electrons. The van der Waals surface area contributed by atoms with Crippen LogP contribution in [0.25, 0.3) is 0 Å². The second-order valence-electron chi connectivity index (χ2n) is 2.08. The average Bonchev–Trinajstić information content (AvgIpc) is 1.84. The number of hydrogen-bond acceptors (Lipinski definition) is 3. The molecule has 0 rings (SSSR count). The molecule has 0 saturated carbocycles. The van der Waals surface area contributed by atoms with Crippen LogP contribution in [0, 0.1) is 0 Å². The van der Waals surface area contributed by atoms with Crippen LogP contribution in [-0.2, 0) is 0 Å². The van der Waals surface area contributed by atoms with Gasteiger partial charge < -0.3 is 10.7 Å². The highest BCUT2D eigenvalue weighted by atomic mass is 15.4. The smallest absolute Gasteiger partial charge is 0.0443 e. The number of allylic oxidation sites excluding steroid dienone is 2. The molecule has 0 aliphatic heterocycles. The summed E-state index contributed by atoms with van der Waals surface area (Å²) in [6.07, 6.45) is 0.855. The second kappa shape index (κ2) is 3.35. The van der Waals surface area contributed by atoms with Gasteiger partial charge in [-0.25, -0.2) is 5.84 Å². The van der Waals surface area contributed by atoms with Crippen LogP contribution in [0.3, 0.4) is 0 Å². The first-order valence-corrected chi connectivity index (χ1v) is 3.03. The largest absolute Gasteiger partial charge is 0.401 e. The average molecular weight is 129 g/mol. The maximum Gasteiger partial charge on any atom is 0.0443 e. The molecular formula is C6H15N3. The van der Waals surface area contributed by atoms with E-state index < -0.39 is 0 Å². The summed E-state index contributed by atoms with van der Waals surface area (Å²) in [5.74, 6) is 5.41. The van der Waals surface area contributed by atoms with Crippen molar-refractivity contribution in [3.63, 3.8) is 0 Å². The molecular weight excluding hydrogens is 114 g/mol. The Balaban J connectivity index is 4.10. The Kier molecular flexibility index (Phi) is 3.09. The van der Waals surface area contributed by atoms with Crippen molar-refractivity contribution >= 4 is 0 Å². The van der Waals surface area contributed by atoms with Gasteiger partial charge in [0.15, 0.2) is 0 Å². The van der Waals surface area contributed by atoms with E-state index in [9.17, 15) is 0 Å². The summed E-state index contributed by atoms with van der Waals surface area (Å²) in [7, 11) is 1.78. The lowest BCUT2D eigenvalue weighted by Crippen LogP contribution is -2.26. The number of nitrogens with zero attached hydrogens (tertiary/aromatic N) is 1. The van der Waals surface area contributed by atoms with Gasteiger partial charge in [-0.3, -0.25) is 0 Å². The van der Waals surface area contributed by atoms with Crippen molar-refractivity contribution in [2.24, 2.45) is 11.6 Å². The number of rotatable bonds is 2. The first-order chi connectivity index (χ1) is 4.09. The van der Waals surface area contributed by atoms with Crippen LogP contribution in [0.2, 0.25) is 0 Å². The van der Waals surface area contributed by atoms with Crippen LogP contribution in [0.1, 0.15) is 20.3 Å². The van der Waals surface area contributed by atoms with Crippen LogP contribution in [0.5, 0.6) is 0 Å². The van der Waals surface area contributed by atoms with Gasteiger partial charge in [0.25, 0.3) is 0 Å². The lowest BCUT2D eigenvalue weighted by Gasteiger charge is -2.14. The highest BCUT2D eigenvalue weighted by Gasteiger charge is 1.95. The molecule has 0 heterocycles. The van der Waals surface area contributed by atoms with E-state index in [4.69, 9.17) is 11.6 Å². The van der Waals surface area contributed by atoms with Crippen LogP contribution >= 0.6 is 0 Å². The molecule has 0 spiro atoms. The number of hydrazine groups is 1. The van der Waals surface area contributed by atoms with Crippen molar-refractivity contribution in [3.8, 4) is 0 Å². The summed E-state index contributed by atoms with van der Waals surface area (Å²) < 4.78 is 0. The van der Waals surface area contributed by atoms with Gasteiger partial charge in [-0.1, -0.05) is 6.92 Å². The van der Waals surface area contributed by atoms with Crippen molar-refractivity contribution in [2.45, 2.75) is 20.3 Å². The fourth-order valence-electron chi connectivity index (χ4n) is 0.482. The molecule has 0 aliphatic rings. The Bertz CT molecular complexity index is 115. The molecule has 54 valence electrons. The molecule has 0 atom stereocenters. The lowest BCUT2D eigenvalue weighted by molar-refractivity contribution is 0.434. The molecule has 0 aromatic heterocycles. The van der Waals surface area contributed by atoms with Crippen molar-refractivity contribution in [1.82, 2.24) is 5.01 Å². The summed E-state index contributed by atoms with van der Waals surface area (Å²) in [6.45, 7) is 3.90. The third-order valence-corrected chi connectivity index (χ3v) is 1.37. The van der Waals surface area contributed by atoms with Gasteiger partial charge >= 0.3 is 0 Å². The van der Waals surface area contributed by atoms with Crippen LogP contribution in [0.4, 0.5) is 0 Å². The Morgan fingerprint density at radius 3 is 2.11 bits per heavy atom.